The Morgan fingerprint density at radius 2 is 2.10 bits per heavy atom. The number of nitrogens with zero attached hydrogens (tertiary/aromatic N) is 1. The summed E-state index contributed by atoms with van der Waals surface area (Å²) in [7, 11) is 0. The summed E-state index contributed by atoms with van der Waals surface area (Å²) in [5.74, 6) is -0.792. The quantitative estimate of drug-likeness (QED) is 0.817. The van der Waals surface area contributed by atoms with Crippen molar-refractivity contribution in [1.29, 1.82) is 0 Å². The van der Waals surface area contributed by atoms with Gasteiger partial charge in [-0.2, -0.15) is 0 Å². The molecule has 2 aliphatic rings. The van der Waals surface area contributed by atoms with E-state index in [1.54, 1.807) is 4.90 Å². The number of amides is 3. The molecule has 1 aromatic rings. The van der Waals surface area contributed by atoms with Crippen LogP contribution in [0.25, 0.3) is 0 Å². The van der Waals surface area contributed by atoms with Crippen LogP contribution >= 0.6 is 0 Å². The van der Waals surface area contributed by atoms with E-state index in [-0.39, 0.29) is 23.6 Å². The van der Waals surface area contributed by atoms with Crippen molar-refractivity contribution in [3.8, 4) is 0 Å². The van der Waals surface area contributed by atoms with Gasteiger partial charge in [0.05, 0.1) is 5.92 Å². The van der Waals surface area contributed by atoms with E-state index in [0.29, 0.717) is 25.9 Å². The van der Waals surface area contributed by atoms with E-state index < -0.39 is 0 Å². The molecule has 5 heteroatoms. The van der Waals surface area contributed by atoms with Crippen LogP contribution < -0.4 is 5.32 Å². The van der Waals surface area contributed by atoms with Crippen molar-refractivity contribution >= 4 is 17.7 Å². The number of rotatable bonds is 2. The van der Waals surface area contributed by atoms with Gasteiger partial charge < -0.3 is 4.90 Å². The van der Waals surface area contributed by atoms with Gasteiger partial charge >= 0.3 is 0 Å². The molecule has 3 rings (SSSR count). The average Bonchev–Trinajstić information content (AvgIpc) is 2.72. The predicted octanol–water partition coefficient (Wildman–Crippen LogP) is 1.00. The molecule has 20 heavy (non-hydrogen) atoms. The number of hydrogen-bond acceptors (Lipinski definition) is 3. The lowest BCUT2D eigenvalue weighted by Crippen LogP contribution is -2.45. The van der Waals surface area contributed by atoms with Crippen molar-refractivity contribution in [2.24, 2.45) is 5.92 Å². The number of carbonyl (C=O) groups excluding carboxylic acids is 3. The lowest BCUT2D eigenvalue weighted by Gasteiger charge is -2.25. The Labute approximate surface area is 116 Å². The van der Waals surface area contributed by atoms with Gasteiger partial charge in [0, 0.05) is 25.1 Å². The first-order valence-electron chi connectivity index (χ1n) is 6.77. The largest absolute Gasteiger partial charge is 0.333 e. The van der Waals surface area contributed by atoms with Gasteiger partial charge in [-0.25, -0.2) is 0 Å². The van der Waals surface area contributed by atoms with E-state index in [0.717, 1.165) is 16.7 Å². The maximum absolute atomic E-state index is 12.3. The molecular weight excluding hydrogens is 256 g/mol. The molecule has 1 N–H and O–H groups in total. The number of nitrogens with one attached hydrogen (secondary N) is 1. The van der Waals surface area contributed by atoms with E-state index in [1.165, 1.54) is 0 Å². The molecule has 2 aliphatic heterocycles. The maximum Gasteiger partial charge on any atom is 0.254 e. The van der Waals surface area contributed by atoms with Crippen molar-refractivity contribution in [1.82, 2.24) is 10.2 Å². The van der Waals surface area contributed by atoms with Gasteiger partial charge in [0.15, 0.2) is 0 Å². The normalized spacial score (nSPS) is 21.9. The molecule has 0 bridgehead atoms. The van der Waals surface area contributed by atoms with Crippen molar-refractivity contribution in [2.45, 2.75) is 26.3 Å². The average molecular weight is 272 g/mol. The Kier molecular flexibility index (Phi) is 3.04. The van der Waals surface area contributed by atoms with Gasteiger partial charge in [-0.15, -0.1) is 0 Å². The van der Waals surface area contributed by atoms with Gasteiger partial charge in [0.25, 0.3) is 5.91 Å². The summed E-state index contributed by atoms with van der Waals surface area (Å²) in [6, 6.07) is 5.69. The van der Waals surface area contributed by atoms with E-state index in [4.69, 9.17) is 0 Å². The Morgan fingerprint density at radius 3 is 2.80 bits per heavy atom. The molecule has 0 saturated carbocycles. The summed E-state index contributed by atoms with van der Waals surface area (Å²) in [5, 5.41) is 2.33. The molecule has 0 radical (unpaired) electrons. The summed E-state index contributed by atoms with van der Waals surface area (Å²) in [4.78, 5) is 36.9. The maximum atomic E-state index is 12.3. The Morgan fingerprint density at radius 1 is 1.30 bits per heavy atom. The second-order valence-corrected chi connectivity index (χ2v) is 5.43. The van der Waals surface area contributed by atoms with E-state index in [9.17, 15) is 14.4 Å². The molecule has 1 fully saturated rings. The number of hydrogen-bond donors (Lipinski definition) is 1. The summed E-state index contributed by atoms with van der Waals surface area (Å²) in [5.41, 5.74) is 2.88. The van der Waals surface area contributed by atoms with Crippen LogP contribution in [0.2, 0.25) is 0 Å². The molecule has 0 aliphatic carbocycles. The third-order valence-electron chi connectivity index (χ3n) is 4.07. The molecule has 2 heterocycles. The molecule has 5 nitrogen and oxygen atoms in total. The number of fused-ring (bicyclic) bond motifs is 1. The summed E-state index contributed by atoms with van der Waals surface area (Å²) in [6.07, 6.45) is 0.869. The van der Waals surface area contributed by atoms with E-state index >= 15 is 0 Å². The first-order valence-corrected chi connectivity index (χ1v) is 6.77. The van der Waals surface area contributed by atoms with Crippen molar-refractivity contribution < 1.29 is 14.4 Å². The Balaban J connectivity index is 1.75. The zero-order valence-corrected chi connectivity index (χ0v) is 11.3. The molecule has 1 atom stereocenters. The molecule has 1 aromatic carbocycles. The molecule has 3 amide bonds. The minimum atomic E-state index is -0.286. The Bertz CT molecular complexity index is 609. The fourth-order valence-electron chi connectivity index (χ4n) is 2.87. The zero-order chi connectivity index (χ0) is 14.3. The number of aryl methyl sites for hydroxylation is 1. The van der Waals surface area contributed by atoms with Crippen molar-refractivity contribution in [2.75, 3.05) is 6.54 Å². The van der Waals surface area contributed by atoms with Gasteiger partial charge in [0.1, 0.15) is 0 Å². The molecule has 0 aromatic heterocycles. The zero-order valence-electron chi connectivity index (χ0n) is 11.3. The number of benzene rings is 1. The van der Waals surface area contributed by atoms with Crippen molar-refractivity contribution in [3.63, 3.8) is 0 Å². The van der Waals surface area contributed by atoms with Crippen LogP contribution in [0.15, 0.2) is 18.2 Å². The van der Waals surface area contributed by atoms with E-state index in [1.807, 2.05) is 25.1 Å². The molecular formula is C15H16N2O3. The number of imide groups is 1. The minimum Gasteiger partial charge on any atom is -0.333 e. The first kappa shape index (κ1) is 12.8. The summed E-state index contributed by atoms with van der Waals surface area (Å²) < 4.78 is 0. The molecule has 1 saturated heterocycles. The highest BCUT2D eigenvalue weighted by Gasteiger charge is 2.34. The minimum absolute atomic E-state index is 0.0200. The Hall–Kier alpha value is -2.17. The SMILES string of the molecule is Cc1cccc2c1CN(CC1CCC(=O)NC1=O)C2=O. The van der Waals surface area contributed by atoms with Crippen LogP contribution in [0, 0.1) is 12.8 Å². The summed E-state index contributed by atoms with van der Waals surface area (Å²) >= 11 is 0. The smallest absolute Gasteiger partial charge is 0.254 e. The van der Waals surface area contributed by atoms with Crippen LogP contribution in [0.5, 0.6) is 0 Å². The van der Waals surface area contributed by atoms with Crippen LogP contribution in [0.1, 0.15) is 34.3 Å². The highest BCUT2D eigenvalue weighted by molar-refractivity contribution is 6.00. The van der Waals surface area contributed by atoms with Gasteiger partial charge in [-0.3, -0.25) is 19.7 Å². The van der Waals surface area contributed by atoms with Crippen LogP contribution in [-0.4, -0.2) is 29.2 Å². The monoisotopic (exact) mass is 272 g/mol. The lowest BCUT2D eigenvalue weighted by molar-refractivity contribution is -0.136. The van der Waals surface area contributed by atoms with Crippen LogP contribution in [0.3, 0.4) is 0 Å². The second kappa shape index (κ2) is 4.74. The predicted molar refractivity (Wildman–Crippen MR) is 71.8 cm³/mol. The topological polar surface area (TPSA) is 66.5 Å². The number of carbonyl (C=O) groups is 3. The second-order valence-electron chi connectivity index (χ2n) is 5.43. The highest BCUT2D eigenvalue weighted by atomic mass is 16.2. The van der Waals surface area contributed by atoms with Gasteiger partial charge in [0.2, 0.25) is 11.8 Å². The fraction of sp³-hybridized carbons (Fsp3) is 0.400. The van der Waals surface area contributed by atoms with Crippen molar-refractivity contribution in [3.05, 3.63) is 34.9 Å². The van der Waals surface area contributed by atoms with E-state index in [2.05, 4.69) is 5.32 Å². The lowest BCUT2D eigenvalue weighted by atomic mass is 9.97. The summed E-state index contributed by atoms with van der Waals surface area (Å²) in [6.45, 7) is 2.92. The van der Waals surface area contributed by atoms with Crippen LogP contribution in [-0.2, 0) is 16.1 Å². The molecule has 104 valence electrons. The third kappa shape index (κ3) is 2.09. The third-order valence-corrected chi connectivity index (χ3v) is 4.07. The highest BCUT2D eigenvalue weighted by Crippen LogP contribution is 2.27. The standard InChI is InChI=1S/C15H16N2O3/c1-9-3-2-4-11-12(9)8-17(15(11)20)7-10-5-6-13(18)16-14(10)19/h2-4,10H,5-8H2,1H3,(H,16,18,19). The fourth-order valence-corrected chi connectivity index (χ4v) is 2.87. The number of piperidine rings is 1. The van der Waals surface area contributed by atoms with Gasteiger partial charge in [-0.05, 0) is 30.5 Å². The molecule has 0 spiro atoms. The van der Waals surface area contributed by atoms with Gasteiger partial charge in [-0.1, -0.05) is 12.1 Å². The molecule has 1 unspecified atom stereocenters. The van der Waals surface area contributed by atoms with Crippen LogP contribution in [0.4, 0.5) is 0 Å². The first-order chi connectivity index (χ1) is 9.56.